The number of hydrogen-bond acceptors (Lipinski definition) is 4. The molecule has 4 nitrogen and oxygen atoms in total. The van der Waals surface area contributed by atoms with Crippen molar-refractivity contribution in [2.75, 3.05) is 5.32 Å². The lowest BCUT2D eigenvalue weighted by Gasteiger charge is -2.11. The van der Waals surface area contributed by atoms with Crippen molar-refractivity contribution >= 4 is 23.1 Å². The van der Waals surface area contributed by atoms with Crippen LogP contribution < -0.4 is 5.32 Å². The molecule has 1 heterocycles. The summed E-state index contributed by atoms with van der Waals surface area (Å²) in [6.45, 7) is 0. The van der Waals surface area contributed by atoms with Gasteiger partial charge in [-0.1, -0.05) is 0 Å². The van der Waals surface area contributed by atoms with Gasteiger partial charge in [0, 0.05) is 0 Å². The molecule has 0 saturated heterocycles. The molecule has 0 radical (unpaired) electrons. The van der Waals surface area contributed by atoms with Crippen molar-refractivity contribution in [1.82, 2.24) is 9.97 Å². The highest BCUT2D eigenvalue weighted by Crippen LogP contribution is 2.32. The fourth-order valence-corrected chi connectivity index (χ4v) is 1.62. The van der Waals surface area contributed by atoms with Crippen LogP contribution in [0.15, 0.2) is 24.4 Å². The van der Waals surface area contributed by atoms with Gasteiger partial charge in [-0.25, -0.2) is 9.37 Å². The van der Waals surface area contributed by atoms with Crippen molar-refractivity contribution in [2.24, 2.45) is 0 Å². The quantitative estimate of drug-likeness (QED) is 0.674. The first kappa shape index (κ1) is 15.0. The highest BCUT2D eigenvalue weighted by atomic mass is 35.5. The lowest BCUT2D eigenvalue weighted by Crippen LogP contribution is -2.07. The molecule has 0 atom stereocenters. The van der Waals surface area contributed by atoms with E-state index in [1.807, 2.05) is 0 Å². The van der Waals surface area contributed by atoms with Gasteiger partial charge in [-0.2, -0.15) is 23.4 Å². The fourth-order valence-electron chi connectivity index (χ4n) is 1.48. The molecule has 0 bridgehead atoms. The minimum atomic E-state index is -4.58. The number of rotatable bonds is 2. The van der Waals surface area contributed by atoms with E-state index in [1.165, 1.54) is 0 Å². The Hall–Kier alpha value is -2.40. The summed E-state index contributed by atoms with van der Waals surface area (Å²) < 4.78 is 51.1. The highest BCUT2D eigenvalue weighted by Gasteiger charge is 2.31. The molecule has 21 heavy (non-hydrogen) atoms. The van der Waals surface area contributed by atoms with Gasteiger partial charge in [0.2, 0.25) is 5.28 Å². The third kappa shape index (κ3) is 3.38. The van der Waals surface area contributed by atoms with E-state index in [9.17, 15) is 17.6 Å². The van der Waals surface area contributed by atoms with E-state index in [1.54, 1.807) is 6.07 Å². The Morgan fingerprint density at radius 2 is 2.00 bits per heavy atom. The van der Waals surface area contributed by atoms with E-state index in [4.69, 9.17) is 16.9 Å². The van der Waals surface area contributed by atoms with Crippen LogP contribution in [-0.2, 0) is 6.18 Å². The predicted octanol–water partition coefficient (Wildman–Crippen LogP) is 3.90. The van der Waals surface area contributed by atoms with E-state index in [0.29, 0.717) is 6.07 Å². The zero-order chi connectivity index (χ0) is 15.6. The second kappa shape index (κ2) is 5.54. The maximum atomic E-state index is 13.5. The molecule has 2 rings (SSSR count). The van der Waals surface area contributed by atoms with Crippen LogP contribution in [0, 0.1) is 17.1 Å². The second-order valence-corrected chi connectivity index (χ2v) is 4.17. The molecule has 0 aliphatic rings. The van der Waals surface area contributed by atoms with Gasteiger partial charge in [0.05, 0.1) is 23.0 Å². The third-order valence-electron chi connectivity index (χ3n) is 2.44. The monoisotopic (exact) mass is 316 g/mol. The Labute approximate surface area is 121 Å². The summed E-state index contributed by atoms with van der Waals surface area (Å²) in [6, 6.07) is 4.04. The van der Waals surface area contributed by atoms with Crippen LogP contribution in [0.3, 0.4) is 0 Å². The van der Waals surface area contributed by atoms with Crippen molar-refractivity contribution in [3.8, 4) is 6.07 Å². The number of benzene rings is 1. The van der Waals surface area contributed by atoms with Crippen LogP contribution in [0.2, 0.25) is 5.28 Å². The van der Waals surface area contributed by atoms with Gasteiger partial charge >= 0.3 is 6.18 Å². The topological polar surface area (TPSA) is 61.6 Å². The number of halogens is 5. The SMILES string of the molecule is N#Cc1cc(C(F)(F)F)ccc1Nc1nc(Cl)ncc1F. The number of aromatic nitrogens is 2. The number of nitriles is 1. The van der Waals surface area contributed by atoms with Crippen LogP contribution in [-0.4, -0.2) is 9.97 Å². The molecule has 0 aliphatic heterocycles. The molecular formula is C12H5ClF4N4. The summed E-state index contributed by atoms with van der Waals surface area (Å²) in [5.74, 6) is -1.20. The predicted molar refractivity (Wildman–Crippen MR) is 66.4 cm³/mol. The largest absolute Gasteiger partial charge is 0.416 e. The van der Waals surface area contributed by atoms with Crippen LogP contribution in [0.5, 0.6) is 0 Å². The molecule has 108 valence electrons. The standard InChI is InChI=1S/C12H5ClF4N4/c13-11-19-5-8(14)10(21-11)20-9-2-1-7(12(15,16)17)3-6(9)4-18/h1-3,5H,(H,19,20,21). The summed E-state index contributed by atoms with van der Waals surface area (Å²) >= 11 is 5.50. The van der Waals surface area contributed by atoms with Crippen molar-refractivity contribution in [3.63, 3.8) is 0 Å². The van der Waals surface area contributed by atoms with E-state index in [-0.39, 0.29) is 22.4 Å². The first-order chi connectivity index (χ1) is 9.81. The van der Waals surface area contributed by atoms with E-state index in [0.717, 1.165) is 18.3 Å². The Morgan fingerprint density at radius 1 is 1.29 bits per heavy atom. The highest BCUT2D eigenvalue weighted by molar-refractivity contribution is 6.28. The fraction of sp³-hybridized carbons (Fsp3) is 0.0833. The molecule has 0 fully saturated rings. The lowest BCUT2D eigenvalue weighted by molar-refractivity contribution is -0.137. The Kier molecular flexibility index (Phi) is 3.95. The Balaban J connectivity index is 2.41. The van der Waals surface area contributed by atoms with Gasteiger partial charge in [0.15, 0.2) is 11.6 Å². The van der Waals surface area contributed by atoms with Crippen molar-refractivity contribution in [3.05, 3.63) is 46.6 Å². The Bertz CT molecular complexity index is 724. The molecule has 1 aromatic heterocycles. The van der Waals surface area contributed by atoms with Gasteiger partial charge in [-0.05, 0) is 29.8 Å². The van der Waals surface area contributed by atoms with Crippen LogP contribution >= 0.6 is 11.6 Å². The maximum absolute atomic E-state index is 13.5. The third-order valence-corrected chi connectivity index (χ3v) is 2.62. The first-order valence-electron chi connectivity index (χ1n) is 5.37. The van der Waals surface area contributed by atoms with Crippen LogP contribution in [0.1, 0.15) is 11.1 Å². The molecular weight excluding hydrogens is 312 g/mol. The van der Waals surface area contributed by atoms with Gasteiger partial charge in [-0.15, -0.1) is 0 Å². The molecule has 1 aromatic carbocycles. The number of nitrogens with zero attached hydrogens (tertiary/aromatic N) is 3. The average molecular weight is 317 g/mol. The van der Waals surface area contributed by atoms with Crippen molar-refractivity contribution < 1.29 is 17.6 Å². The van der Waals surface area contributed by atoms with Gasteiger partial charge in [-0.3, -0.25) is 0 Å². The van der Waals surface area contributed by atoms with Gasteiger partial charge in [0.25, 0.3) is 0 Å². The van der Waals surface area contributed by atoms with E-state index in [2.05, 4.69) is 15.3 Å². The van der Waals surface area contributed by atoms with Gasteiger partial charge < -0.3 is 5.32 Å². The number of anilines is 2. The van der Waals surface area contributed by atoms with Crippen LogP contribution in [0.4, 0.5) is 29.1 Å². The molecule has 2 aromatic rings. The second-order valence-electron chi connectivity index (χ2n) is 3.83. The minimum absolute atomic E-state index is 0.0285. The summed E-state index contributed by atoms with van der Waals surface area (Å²) in [7, 11) is 0. The van der Waals surface area contributed by atoms with Crippen molar-refractivity contribution in [2.45, 2.75) is 6.18 Å². The zero-order valence-corrected chi connectivity index (χ0v) is 10.8. The number of alkyl halides is 3. The molecule has 0 unspecified atom stereocenters. The summed E-state index contributed by atoms with van der Waals surface area (Å²) in [5, 5.41) is 11.1. The lowest BCUT2D eigenvalue weighted by atomic mass is 10.1. The van der Waals surface area contributed by atoms with E-state index >= 15 is 0 Å². The normalized spacial score (nSPS) is 11.0. The first-order valence-corrected chi connectivity index (χ1v) is 5.75. The molecule has 0 saturated carbocycles. The molecule has 0 amide bonds. The smallest absolute Gasteiger partial charge is 0.337 e. The maximum Gasteiger partial charge on any atom is 0.416 e. The summed E-state index contributed by atoms with van der Waals surface area (Å²) in [5.41, 5.74) is -1.32. The molecule has 1 N–H and O–H groups in total. The number of hydrogen-bond donors (Lipinski definition) is 1. The summed E-state index contributed by atoms with van der Waals surface area (Å²) in [4.78, 5) is 6.95. The summed E-state index contributed by atoms with van der Waals surface area (Å²) in [6.07, 6.45) is -3.78. The Morgan fingerprint density at radius 3 is 2.62 bits per heavy atom. The van der Waals surface area contributed by atoms with Crippen molar-refractivity contribution in [1.29, 1.82) is 5.26 Å². The molecule has 0 spiro atoms. The average Bonchev–Trinajstić information content (AvgIpc) is 2.42. The van der Waals surface area contributed by atoms with Crippen LogP contribution in [0.25, 0.3) is 0 Å². The van der Waals surface area contributed by atoms with E-state index < -0.39 is 17.6 Å². The molecule has 9 heteroatoms. The zero-order valence-electron chi connectivity index (χ0n) is 10.0. The van der Waals surface area contributed by atoms with Gasteiger partial charge in [0.1, 0.15) is 6.07 Å². The number of nitrogens with one attached hydrogen (secondary N) is 1. The minimum Gasteiger partial charge on any atom is -0.337 e. The molecule has 0 aliphatic carbocycles.